The Labute approximate surface area is 218 Å². The number of ether oxygens (including phenoxy) is 1. The zero-order chi connectivity index (χ0) is 25.0. The monoisotopic (exact) mass is 502 g/mol. The van der Waals surface area contributed by atoms with Crippen molar-refractivity contribution in [3.05, 3.63) is 65.5 Å². The van der Waals surface area contributed by atoms with Gasteiger partial charge in [-0.2, -0.15) is 0 Å². The van der Waals surface area contributed by atoms with Gasteiger partial charge in [-0.1, -0.05) is 31.2 Å². The van der Waals surface area contributed by atoms with Crippen molar-refractivity contribution in [1.82, 2.24) is 9.88 Å². The third-order valence-electron chi connectivity index (χ3n) is 11.4. The number of allylic oxidation sites excluding steroid dienone is 1. The highest BCUT2D eigenvalue weighted by Gasteiger charge is 2.66. The van der Waals surface area contributed by atoms with Crippen LogP contribution in [-0.2, 0) is 4.74 Å². The molecule has 4 fully saturated rings. The first-order valence-electron chi connectivity index (χ1n) is 14.4. The molecule has 0 N–H and O–H groups in total. The first-order chi connectivity index (χ1) is 17.8. The van der Waals surface area contributed by atoms with Crippen molar-refractivity contribution in [2.24, 2.45) is 11.3 Å². The van der Waals surface area contributed by atoms with E-state index >= 15 is 0 Å². The van der Waals surface area contributed by atoms with Crippen LogP contribution >= 0.6 is 0 Å². The van der Waals surface area contributed by atoms with Gasteiger partial charge in [0.1, 0.15) is 0 Å². The molecule has 4 heterocycles. The number of hydrogen-bond acceptors (Lipinski definition) is 3. The number of halogens is 2. The summed E-state index contributed by atoms with van der Waals surface area (Å²) in [6, 6.07) is 9.26. The highest BCUT2D eigenvalue weighted by Crippen LogP contribution is 2.69. The third kappa shape index (κ3) is 3.13. The van der Waals surface area contributed by atoms with Crippen molar-refractivity contribution in [3.63, 3.8) is 0 Å². The summed E-state index contributed by atoms with van der Waals surface area (Å²) in [5, 5.41) is 2.47. The van der Waals surface area contributed by atoms with Crippen LogP contribution in [-0.4, -0.2) is 46.1 Å². The number of likely N-dealkylation sites (tertiary alicyclic amines) is 1. The molecule has 1 aromatic heterocycles. The summed E-state index contributed by atoms with van der Waals surface area (Å²) in [4.78, 5) is 6.43. The largest absolute Gasteiger partial charge is 0.359 e. The fourth-order valence-electron chi connectivity index (χ4n) is 9.64. The van der Waals surface area contributed by atoms with E-state index in [1.807, 2.05) is 12.4 Å². The third-order valence-corrected chi connectivity index (χ3v) is 11.4. The molecule has 2 saturated carbocycles. The van der Waals surface area contributed by atoms with E-state index in [-0.39, 0.29) is 35.6 Å². The van der Waals surface area contributed by atoms with Gasteiger partial charge in [0.05, 0.1) is 17.7 Å². The van der Waals surface area contributed by atoms with Crippen molar-refractivity contribution < 1.29 is 13.5 Å². The maximum absolute atomic E-state index is 14.0. The lowest BCUT2D eigenvalue weighted by atomic mass is 9.58. The molecule has 3 aliphatic heterocycles. The van der Waals surface area contributed by atoms with Gasteiger partial charge in [0.15, 0.2) is 0 Å². The maximum Gasteiger partial charge on any atom is 0.261 e. The predicted molar refractivity (Wildman–Crippen MR) is 141 cm³/mol. The number of benzene rings is 1. The van der Waals surface area contributed by atoms with Gasteiger partial charge in [0.25, 0.3) is 5.92 Å². The minimum atomic E-state index is -2.53. The molecule has 0 radical (unpaired) electrons. The molecule has 5 heteroatoms. The second-order valence-electron chi connectivity index (χ2n) is 13.2. The van der Waals surface area contributed by atoms with Crippen molar-refractivity contribution in [2.75, 3.05) is 13.1 Å². The standard InChI is InChI=1S/C32H36F2N2O/c1-29-10-8-25-17-24-4-5-26(36-15-13-31(33,34)20-36)18-30(24)11-12-32(25,37-30)28(29)7-6-27(29)22-3-2-21-9-14-35-19-23(21)16-22/h2-3,8-9,14,16-17,19,26-28H,4-7,10-13,15,18,20H2,1H3. The number of rotatable bonds is 2. The molecule has 6 unspecified atom stereocenters. The average molecular weight is 503 g/mol. The molecule has 2 saturated heterocycles. The van der Waals surface area contributed by atoms with Crippen LogP contribution in [0.3, 0.4) is 0 Å². The van der Waals surface area contributed by atoms with Crippen molar-refractivity contribution in [1.29, 1.82) is 0 Å². The Kier molecular flexibility index (Phi) is 4.63. The van der Waals surface area contributed by atoms with Gasteiger partial charge in [-0.05, 0) is 103 Å². The lowest BCUT2D eigenvalue weighted by molar-refractivity contribution is -0.141. The lowest BCUT2D eigenvalue weighted by Crippen LogP contribution is -2.55. The van der Waals surface area contributed by atoms with E-state index in [2.05, 4.69) is 53.2 Å². The highest BCUT2D eigenvalue weighted by molar-refractivity contribution is 5.82. The summed E-state index contributed by atoms with van der Waals surface area (Å²) < 4.78 is 35.5. The van der Waals surface area contributed by atoms with Crippen LogP contribution in [0.4, 0.5) is 8.78 Å². The molecule has 37 heavy (non-hydrogen) atoms. The molecule has 1 aromatic carbocycles. The SMILES string of the molecule is CC12CC=C3C=C4CCC(N5CCC(F)(F)C5)CC45CCC3(O5)C1CCC2c1ccc2ccncc2c1. The molecule has 3 nitrogen and oxygen atoms in total. The van der Waals surface area contributed by atoms with Crippen LogP contribution in [0.5, 0.6) is 0 Å². The Bertz CT molecular complexity index is 1350. The molecule has 0 amide bonds. The molecular formula is C32H36F2N2O. The maximum atomic E-state index is 14.0. The summed E-state index contributed by atoms with van der Waals surface area (Å²) in [5.74, 6) is -1.54. The van der Waals surface area contributed by atoms with Crippen molar-refractivity contribution in [2.45, 2.75) is 93.8 Å². The fourth-order valence-corrected chi connectivity index (χ4v) is 9.64. The molecule has 8 rings (SSSR count). The number of pyridine rings is 1. The quantitative estimate of drug-likeness (QED) is 0.435. The van der Waals surface area contributed by atoms with E-state index in [1.165, 1.54) is 40.3 Å². The highest BCUT2D eigenvalue weighted by atomic mass is 19.3. The number of aromatic nitrogens is 1. The average Bonchev–Trinajstić information content (AvgIpc) is 3.54. The molecule has 2 bridgehead atoms. The lowest BCUT2D eigenvalue weighted by Gasteiger charge is -2.55. The van der Waals surface area contributed by atoms with Crippen molar-refractivity contribution >= 4 is 10.8 Å². The first-order valence-corrected chi connectivity index (χ1v) is 14.4. The normalized spacial score (nSPS) is 42.2. The smallest absolute Gasteiger partial charge is 0.261 e. The van der Waals surface area contributed by atoms with Gasteiger partial charge in [0.2, 0.25) is 0 Å². The Morgan fingerprint density at radius 1 is 1.05 bits per heavy atom. The molecule has 3 aliphatic carbocycles. The Morgan fingerprint density at radius 2 is 1.97 bits per heavy atom. The van der Waals surface area contributed by atoms with Gasteiger partial charge in [-0.25, -0.2) is 8.78 Å². The summed E-state index contributed by atoms with van der Waals surface area (Å²) in [7, 11) is 0. The van der Waals surface area contributed by atoms with Crippen LogP contribution in [0.15, 0.2) is 60.0 Å². The summed E-state index contributed by atoms with van der Waals surface area (Å²) in [6.45, 7) is 2.95. The van der Waals surface area contributed by atoms with E-state index in [1.54, 1.807) is 0 Å². The van der Waals surface area contributed by atoms with E-state index in [0.717, 1.165) is 38.5 Å². The first kappa shape index (κ1) is 22.8. The van der Waals surface area contributed by atoms with Gasteiger partial charge >= 0.3 is 0 Å². The Morgan fingerprint density at radius 3 is 2.84 bits per heavy atom. The van der Waals surface area contributed by atoms with Crippen LogP contribution in [0.2, 0.25) is 0 Å². The van der Waals surface area contributed by atoms with Crippen LogP contribution in [0.25, 0.3) is 10.8 Å². The van der Waals surface area contributed by atoms with Gasteiger partial charge in [-0.3, -0.25) is 9.88 Å². The molecule has 6 atom stereocenters. The fraction of sp³-hybridized carbons (Fsp3) is 0.594. The van der Waals surface area contributed by atoms with E-state index in [0.29, 0.717) is 18.4 Å². The predicted octanol–water partition coefficient (Wildman–Crippen LogP) is 7.19. The molecule has 6 aliphatic rings. The second kappa shape index (κ2) is 7.51. The summed E-state index contributed by atoms with van der Waals surface area (Å²) in [6.07, 6.45) is 17.3. The Balaban J connectivity index is 1.12. The second-order valence-corrected chi connectivity index (χ2v) is 13.2. The minimum Gasteiger partial charge on any atom is -0.359 e. The molecular weight excluding hydrogens is 466 g/mol. The van der Waals surface area contributed by atoms with Gasteiger partial charge in [-0.15, -0.1) is 0 Å². The Hall–Kier alpha value is -2.11. The van der Waals surface area contributed by atoms with Gasteiger partial charge in [0, 0.05) is 36.8 Å². The molecule has 194 valence electrons. The topological polar surface area (TPSA) is 25.4 Å². The van der Waals surface area contributed by atoms with Crippen LogP contribution in [0.1, 0.15) is 76.2 Å². The zero-order valence-corrected chi connectivity index (χ0v) is 21.7. The van der Waals surface area contributed by atoms with Crippen LogP contribution < -0.4 is 0 Å². The number of fused-ring (bicyclic) bond motifs is 2. The van der Waals surface area contributed by atoms with E-state index < -0.39 is 5.92 Å². The van der Waals surface area contributed by atoms with E-state index in [4.69, 9.17) is 4.74 Å². The summed E-state index contributed by atoms with van der Waals surface area (Å²) in [5.41, 5.74) is 4.00. The number of hydrogen-bond donors (Lipinski definition) is 0. The van der Waals surface area contributed by atoms with Crippen LogP contribution in [0, 0.1) is 11.3 Å². The van der Waals surface area contributed by atoms with Crippen molar-refractivity contribution in [3.8, 4) is 0 Å². The minimum absolute atomic E-state index is 0.00350. The summed E-state index contributed by atoms with van der Waals surface area (Å²) >= 11 is 0. The number of nitrogens with zero attached hydrogens (tertiary/aromatic N) is 2. The number of alkyl halides is 2. The zero-order valence-electron chi connectivity index (χ0n) is 21.7. The molecule has 2 spiro atoms. The van der Waals surface area contributed by atoms with E-state index in [9.17, 15) is 8.78 Å². The molecule has 2 aromatic rings. The van der Waals surface area contributed by atoms with Gasteiger partial charge < -0.3 is 4.74 Å².